The first-order valence-corrected chi connectivity index (χ1v) is 6.34. The van der Waals surface area contributed by atoms with Gasteiger partial charge in [0.05, 0.1) is 0 Å². The summed E-state index contributed by atoms with van der Waals surface area (Å²) in [5, 5.41) is 22.4. The number of para-hydroxylation sites is 2. The summed E-state index contributed by atoms with van der Waals surface area (Å²) in [4.78, 5) is 0. The van der Waals surface area contributed by atoms with E-state index in [1.165, 1.54) is 6.07 Å². The molecule has 0 fully saturated rings. The van der Waals surface area contributed by atoms with E-state index in [4.69, 9.17) is 9.47 Å². The second-order valence-corrected chi connectivity index (χ2v) is 4.54. The predicted molar refractivity (Wildman–Crippen MR) is 72.9 cm³/mol. The van der Waals surface area contributed by atoms with Gasteiger partial charge in [0, 0.05) is 24.2 Å². The van der Waals surface area contributed by atoms with Crippen LogP contribution in [0.3, 0.4) is 0 Å². The van der Waals surface area contributed by atoms with Crippen LogP contribution in [-0.2, 0) is 13.1 Å². The van der Waals surface area contributed by atoms with E-state index in [1.54, 1.807) is 12.1 Å². The molecule has 0 aromatic heterocycles. The highest BCUT2D eigenvalue weighted by atomic mass is 16.7. The summed E-state index contributed by atoms with van der Waals surface area (Å²) in [5.74, 6) is 1.32. The fraction of sp³-hybridized carbons (Fsp3) is 0.200. The summed E-state index contributed by atoms with van der Waals surface area (Å²) in [6.07, 6.45) is 0. The third-order valence-electron chi connectivity index (χ3n) is 3.21. The van der Waals surface area contributed by atoms with E-state index < -0.39 is 0 Å². The van der Waals surface area contributed by atoms with Gasteiger partial charge in [-0.05, 0) is 12.1 Å². The molecule has 2 aromatic rings. The number of phenols is 2. The lowest BCUT2D eigenvalue weighted by Crippen LogP contribution is -2.13. The lowest BCUT2D eigenvalue weighted by Gasteiger charge is -2.09. The van der Waals surface area contributed by atoms with Gasteiger partial charge in [0.1, 0.15) is 0 Å². The van der Waals surface area contributed by atoms with E-state index in [2.05, 4.69) is 5.32 Å². The second-order valence-electron chi connectivity index (χ2n) is 4.54. The van der Waals surface area contributed by atoms with Crippen LogP contribution >= 0.6 is 0 Å². The summed E-state index contributed by atoms with van der Waals surface area (Å²) in [5.41, 5.74) is 1.65. The number of hydrogen-bond acceptors (Lipinski definition) is 5. The summed E-state index contributed by atoms with van der Waals surface area (Å²) in [6.45, 7) is 1.28. The van der Waals surface area contributed by atoms with Crippen LogP contribution < -0.4 is 14.8 Å². The molecule has 1 aliphatic rings. The molecule has 0 aliphatic carbocycles. The summed E-state index contributed by atoms with van der Waals surface area (Å²) < 4.78 is 10.7. The van der Waals surface area contributed by atoms with Crippen LogP contribution in [0.5, 0.6) is 23.0 Å². The molecule has 0 saturated heterocycles. The Morgan fingerprint density at radius 1 is 0.950 bits per heavy atom. The number of benzene rings is 2. The molecular formula is C15H15NO4. The van der Waals surface area contributed by atoms with E-state index in [1.807, 2.05) is 18.2 Å². The Hall–Kier alpha value is -2.40. The van der Waals surface area contributed by atoms with Crippen LogP contribution in [-0.4, -0.2) is 17.0 Å². The highest BCUT2D eigenvalue weighted by Crippen LogP contribution is 2.35. The Balaban J connectivity index is 1.66. The molecule has 3 N–H and O–H groups in total. The number of nitrogens with one attached hydrogen (secondary N) is 1. The Morgan fingerprint density at radius 2 is 1.70 bits per heavy atom. The van der Waals surface area contributed by atoms with Crippen molar-refractivity contribution < 1.29 is 19.7 Å². The topological polar surface area (TPSA) is 71.0 Å². The van der Waals surface area contributed by atoms with Gasteiger partial charge in [0.2, 0.25) is 6.79 Å². The molecule has 0 unspecified atom stereocenters. The zero-order valence-electron chi connectivity index (χ0n) is 10.8. The van der Waals surface area contributed by atoms with Crippen LogP contribution in [0.2, 0.25) is 0 Å². The molecule has 0 spiro atoms. The van der Waals surface area contributed by atoms with E-state index in [-0.39, 0.29) is 18.3 Å². The van der Waals surface area contributed by atoms with E-state index in [0.717, 1.165) is 17.1 Å². The lowest BCUT2D eigenvalue weighted by molar-refractivity contribution is 0.173. The molecule has 1 heterocycles. The fourth-order valence-electron chi connectivity index (χ4n) is 2.18. The zero-order chi connectivity index (χ0) is 13.9. The van der Waals surface area contributed by atoms with Crippen LogP contribution in [0.1, 0.15) is 11.1 Å². The number of ether oxygens (including phenoxy) is 2. The molecule has 5 nitrogen and oxygen atoms in total. The first-order valence-electron chi connectivity index (χ1n) is 6.34. The Labute approximate surface area is 116 Å². The lowest BCUT2D eigenvalue weighted by atomic mass is 10.1. The Morgan fingerprint density at radius 3 is 2.60 bits per heavy atom. The largest absolute Gasteiger partial charge is 0.504 e. The van der Waals surface area contributed by atoms with E-state index in [0.29, 0.717) is 18.7 Å². The summed E-state index contributed by atoms with van der Waals surface area (Å²) in [6, 6.07) is 10.7. The van der Waals surface area contributed by atoms with Gasteiger partial charge in [-0.25, -0.2) is 0 Å². The molecule has 2 aromatic carbocycles. The minimum Gasteiger partial charge on any atom is -0.504 e. The molecule has 0 saturated carbocycles. The minimum absolute atomic E-state index is 0.0853. The van der Waals surface area contributed by atoms with Crippen molar-refractivity contribution in [3.63, 3.8) is 0 Å². The van der Waals surface area contributed by atoms with Gasteiger partial charge >= 0.3 is 0 Å². The highest BCUT2D eigenvalue weighted by molar-refractivity contribution is 5.48. The molecule has 5 heteroatoms. The second kappa shape index (κ2) is 5.30. The van der Waals surface area contributed by atoms with Crippen LogP contribution in [0.25, 0.3) is 0 Å². The minimum atomic E-state index is -0.110. The van der Waals surface area contributed by atoms with Crippen LogP contribution in [0.15, 0.2) is 36.4 Å². The van der Waals surface area contributed by atoms with Crippen molar-refractivity contribution in [1.82, 2.24) is 5.32 Å². The number of hydrogen-bond donors (Lipinski definition) is 3. The van der Waals surface area contributed by atoms with Gasteiger partial charge < -0.3 is 25.0 Å². The van der Waals surface area contributed by atoms with Crippen molar-refractivity contribution in [2.24, 2.45) is 0 Å². The maximum Gasteiger partial charge on any atom is 0.231 e. The average Bonchev–Trinajstić information content (AvgIpc) is 2.93. The standard InChI is InChI=1S/C15H15NO4/c17-12-5-1-3-10(14(12)18)7-16-8-11-4-2-6-13-15(11)20-9-19-13/h1-6,16-18H,7-9H2. The van der Waals surface area contributed by atoms with Gasteiger partial charge in [0.25, 0.3) is 0 Å². The van der Waals surface area contributed by atoms with Gasteiger partial charge in [-0.15, -0.1) is 0 Å². The molecule has 3 rings (SSSR count). The van der Waals surface area contributed by atoms with Gasteiger partial charge in [-0.1, -0.05) is 24.3 Å². The molecular weight excluding hydrogens is 258 g/mol. The molecule has 20 heavy (non-hydrogen) atoms. The van der Waals surface area contributed by atoms with Crippen molar-refractivity contribution in [2.75, 3.05) is 6.79 Å². The number of rotatable bonds is 4. The summed E-state index contributed by atoms with van der Waals surface area (Å²) >= 11 is 0. The number of aromatic hydroxyl groups is 2. The predicted octanol–water partition coefficient (Wildman–Crippen LogP) is 2.12. The maximum atomic E-state index is 9.71. The highest BCUT2D eigenvalue weighted by Gasteiger charge is 2.16. The van der Waals surface area contributed by atoms with Gasteiger partial charge in [0.15, 0.2) is 23.0 Å². The SMILES string of the molecule is Oc1cccc(CNCc2cccc3c2OCO3)c1O. The van der Waals surface area contributed by atoms with Crippen LogP contribution in [0.4, 0.5) is 0 Å². The van der Waals surface area contributed by atoms with Gasteiger partial charge in [-0.3, -0.25) is 0 Å². The van der Waals surface area contributed by atoms with E-state index in [9.17, 15) is 10.2 Å². The third kappa shape index (κ3) is 2.35. The first kappa shape index (κ1) is 12.6. The molecule has 0 atom stereocenters. The first-order chi connectivity index (χ1) is 9.75. The smallest absolute Gasteiger partial charge is 0.231 e. The van der Waals surface area contributed by atoms with Crippen molar-refractivity contribution in [3.8, 4) is 23.0 Å². The molecule has 1 aliphatic heterocycles. The molecule has 0 bridgehead atoms. The third-order valence-corrected chi connectivity index (χ3v) is 3.21. The molecule has 0 amide bonds. The molecule has 0 radical (unpaired) electrons. The average molecular weight is 273 g/mol. The normalized spacial score (nSPS) is 12.6. The van der Waals surface area contributed by atoms with Gasteiger partial charge in [-0.2, -0.15) is 0 Å². The van der Waals surface area contributed by atoms with Crippen LogP contribution in [0, 0.1) is 0 Å². The Kier molecular flexibility index (Phi) is 3.35. The van der Waals surface area contributed by atoms with E-state index >= 15 is 0 Å². The van der Waals surface area contributed by atoms with Crippen molar-refractivity contribution in [2.45, 2.75) is 13.1 Å². The number of phenolic OH excluding ortho intramolecular Hbond substituents is 2. The molecule has 104 valence electrons. The maximum absolute atomic E-state index is 9.71. The number of fused-ring (bicyclic) bond motifs is 1. The monoisotopic (exact) mass is 273 g/mol. The van der Waals surface area contributed by atoms with Crippen molar-refractivity contribution in [3.05, 3.63) is 47.5 Å². The quantitative estimate of drug-likeness (QED) is 0.744. The zero-order valence-corrected chi connectivity index (χ0v) is 10.8. The van der Waals surface area contributed by atoms with Crippen molar-refractivity contribution >= 4 is 0 Å². The van der Waals surface area contributed by atoms with Crippen molar-refractivity contribution in [1.29, 1.82) is 0 Å². The summed E-state index contributed by atoms with van der Waals surface area (Å²) in [7, 11) is 0. The fourth-order valence-corrected chi connectivity index (χ4v) is 2.18. The Bertz CT molecular complexity index is 627.